The molecular weight excluding hydrogens is 336 g/mol. The van der Waals surface area contributed by atoms with E-state index in [0.29, 0.717) is 25.9 Å². The molecule has 0 saturated carbocycles. The van der Waals surface area contributed by atoms with Crippen molar-refractivity contribution in [1.82, 2.24) is 19.0 Å². The molecule has 0 aliphatic carbocycles. The molecule has 24 heavy (non-hydrogen) atoms. The summed E-state index contributed by atoms with van der Waals surface area (Å²) in [6.07, 6.45) is 6.65. The van der Waals surface area contributed by atoms with Gasteiger partial charge in [0, 0.05) is 38.6 Å². The second-order valence-electron chi connectivity index (χ2n) is 5.90. The number of rotatable bonds is 3. The van der Waals surface area contributed by atoms with E-state index in [1.54, 1.807) is 23.1 Å². The molecule has 0 unspecified atom stereocenters. The van der Waals surface area contributed by atoms with Crippen LogP contribution in [-0.2, 0) is 25.2 Å². The van der Waals surface area contributed by atoms with Gasteiger partial charge in [-0.25, -0.2) is 12.7 Å². The van der Waals surface area contributed by atoms with E-state index >= 15 is 0 Å². The maximum Gasteiger partial charge on any atom is 0.290 e. The third-order valence-electron chi connectivity index (χ3n) is 4.50. The maximum absolute atomic E-state index is 12.9. The molecule has 1 N–H and O–H groups in total. The number of carbonyl (C=O) groups excluding carboxylic acids is 1. The van der Waals surface area contributed by atoms with Crippen molar-refractivity contribution >= 4 is 22.4 Å². The van der Waals surface area contributed by atoms with Crippen LogP contribution < -0.4 is 0 Å². The Kier molecular flexibility index (Phi) is 5.60. The van der Waals surface area contributed by atoms with Gasteiger partial charge in [0.05, 0.1) is 6.26 Å². The lowest BCUT2D eigenvalue weighted by atomic mass is 9.86. The van der Waals surface area contributed by atoms with Gasteiger partial charge < -0.3 is 10.0 Å². The van der Waals surface area contributed by atoms with Crippen LogP contribution in [0.1, 0.15) is 19.3 Å². The SMILES string of the molecule is CS(=O)(=O)N1CCC(C(=O)N2CCC2)(n2cccn2)CC1.O=CO. The van der Waals surface area contributed by atoms with E-state index in [0.717, 1.165) is 19.5 Å². The molecule has 2 fully saturated rings. The minimum absolute atomic E-state index is 0.0746. The van der Waals surface area contributed by atoms with Crippen molar-refractivity contribution in [2.45, 2.75) is 24.8 Å². The second kappa shape index (κ2) is 7.31. The molecule has 3 rings (SSSR count). The van der Waals surface area contributed by atoms with Crippen LogP contribution in [0.2, 0.25) is 0 Å². The smallest absolute Gasteiger partial charge is 0.290 e. The van der Waals surface area contributed by atoms with Gasteiger partial charge in [0.2, 0.25) is 10.0 Å². The summed E-state index contributed by atoms with van der Waals surface area (Å²) in [4.78, 5) is 23.1. The lowest BCUT2D eigenvalue weighted by molar-refractivity contribution is -0.147. The standard InChI is InChI=1S/C13H20N4O3S.CH2O2/c1-21(19,20)16-10-4-13(5-11-16,17-9-2-6-14-17)12(18)15-7-3-8-15;2-1-3/h2,6,9H,3-5,7-8,10-11H2,1H3;1H,(H,2,3). The molecule has 2 aliphatic rings. The van der Waals surface area contributed by atoms with E-state index in [4.69, 9.17) is 9.90 Å². The van der Waals surface area contributed by atoms with E-state index in [-0.39, 0.29) is 12.4 Å². The Labute approximate surface area is 140 Å². The van der Waals surface area contributed by atoms with Crippen molar-refractivity contribution < 1.29 is 23.1 Å². The van der Waals surface area contributed by atoms with Crippen LogP contribution in [0, 0.1) is 0 Å². The first-order chi connectivity index (χ1) is 11.3. The molecule has 3 heterocycles. The molecule has 0 bridgehead atoms. The fourth-order valence-electron chi connectivity index (χ4n) is 3.06. The Morgan fingerprint density at radius 1 is 1.25 bits per heavy atom. The molecule has 1 aromatic heterocycles. The highest BCUT2D eigenvalue weighted by Crippen LogP contribution is 2.33. The van der Waals surface area contributed by atoms with Crippen LogP contribution in [0.3, 0.4) is 0 Å². The molecule has 2 aliphatic heterocycles. The van der Waals surface area contributed by atoms with Gasteiger partial charge in [0.15, 0.2) is 0 Å². The number of likely N-dealkylation sites (tertiary alicyclic amines) is 1. The van der Waals surface area contributed by atoms with Crippen LogP contribution in [0.4, 0.5) is 0 Å². The van der Waals surface area contributed by atoms with Gasteiger partial charge >= 0.3 is 0 Å². The molecule has 2 saturated heterocycles. The molecular formula is C14H22N4O5S. The van der Waals surface area contributed by atoms with Crippen molar-refractivity contribution in [2.24, 2.45) is 0 Å². The number of piperidine rings is 1. The summed E-state index contributed by atoms with van der Waals surface area (Å²) in [5, 5.41) is 11.2. The Bertz CT molecular complexity index is 661. The number of carbonyl (C=O) groups is 2. The molecule has 1 amide bonds. The first-order valence-electron chi connectivity index (χ1n) is 7.67. The highest BCUT2D eigenvalue weighted by Gasteiger charge is 2.47. The van der Waals surface area contributed by atoms with E-state index in [1.807, 2.05) is 4.90 Å². The van der Waals surface area contributed by atoms with Crippen molar-refractivity contribution in [3.63, 3.8) is 0 Å². The molecule has 134 valence electrons. The fraction of sp³-hybridized carbons (Fsp3) is 0.643. The summed E-state index contributed by atoms with van der Waals surface area (Å²) in [6.45, 7) is 2.05. The Balaban J connectivity index is 0.000000647. The molecule has 0 spiro atoms. The molecule has 1 aromatic rings. The van der Waals surface area contributed by atoms with Gasteiger partial charge in [-0.05, 0) is 25.3 Å². The van der Waals surface area contributed by atoms with Crippen molar-refractivity contribution in [1.29, 1.82) is 0 Å². The van der Waals surface area contributed by atoms with Gasteiger partial charge in [0.1, 0.15) is 5.54 Å². The lowest BCUT2D eigenvalue weighted by Gasteiger charge is -2.44. The number of nitrogens with zero attached hydrogens (tertiary/aromatic N) is 4. The summed E-state index contributed by atoms with van der Waals surface area (Å²) in [6, 6.07) is 1.80. The van der Waals surface area contributed by atoms with Crippen LogP contribution >= 0.6 is 0 Å². The summed E-state index contributed by atoms with van der Waals surface area (Å²) >= 11 is 0. The normalized spacial score (nSPS) is 20.5. The summed E-state index contributed by atoms with van der Waals surface area (Å²) < 4.78 is 26.5. The summed E-state index contributed by atoms with van der Waals surface area (Å²) in [5.41, 5.74) is -0.731. The van der Waals surface area contributed by atoms with Crippen LogP contribution in [-0.4, -0.2) is 77.3 Å². The fourth-order valence-corrected chi connectivity index (χ4v) is 3.91. The number of amides is 1. The minimum Gasteiger partial charge on any atom is -0.483 e. The predicted octanol–water partition coefficient (Wildman–Crippen LogP) is -0.433. The van der Waals surface area contributed by atoms with E-state index < -0.39 is 15.6 Å². The van der Waals surface area contributed by atoms with Gasteiger partial charge in [-0.2, -0.15) is 5.10 Å². The monoisotopic (exact) mass is 358 g/mol. The first kappa shape index (κ1) is 18.4. The molecule has 0 atom stereocenters. The van der Waals surface area contributed by atoms with Gasteiger partial charge in [-0.3, -0.25) is 14.3 Å². The quantitative estimate of drug-likeness (QED) is 0.734. The largest absolute Gasteiger partial charge is 0.483 e. The van der Waals surface area contributed by atoms with Crippen LogP contribution in [0.25, 0.3) is 0 Å². The maximum atomic E-state index is 12.9. The number of aromatic nitrogens is 2. The number of carboxylic acid groups (broad SMARTS) is 1. The number of sulfonamides is 1. The lowest BCUT2D eigenvalue weighted by Crippen LogP contribution is -2.59. The second-order valence-corrected chi connectivity index (χ2v) is 7.88. The van der Waals surface area contributed by atoms with E-state index in [9.17, 15) is 13.2 Å². The van der Waals surface area contributed by atoms with Crippen molar-refractivity contribution in [3.05, 3.63) is 18.5 Å². The highest BCUT2D eigenvalue weighted by molar-refractivity contribution is 7.88. The average Bonchev–Trinajstić information content (AvgIpc) is 3.00. The third kappa shape index (κ3) is 3.59. The summed E-state index contributed by atoms with van der Waals surface area (Å²) in [7, 11) is -3.20. The topological polar surface area (TPSA) is 113 Å². The van der Waals surface area contributed by atoms with Crippen LogP contribution in [0.5, 0.6) is 0 Å². The Morgan fingerprint density at radius 3 is 2.21 bits per heavy atom. The Morgan fingerprint density at radius 2 is 1.83 bits per heavy atom. The number of hydrogen-bond acceptors (Lipinski definition) is 5. The zero-order chi connectivity index (χ0) is 17.8. The first-order valence-corrected chi connectivity index (χ1v) is 9.52. The molecule has 0 aromatic carbocycles. The highest BCUT2D eigenvalue weighted by atomic mass is 32.2. The van der Waals surface area contributed by atoms with Gasteiger partial charge in [0.25, 0.3) is 12.4 Å². The van der Waals surface area contributed by atoms with E-state index in [2.05, 4.69) is 5.10 Å². The Hall–Kier alpha value is -1.94. The summed E-state index contributed by atoms with van der Waals surface area (Å²) in [5.74, 6) is 0.0746. The van der Waals surface area contributed by atoms with E-state index in [1.165, 1.54) is 10.6 Å². The zero-order valence-electron chi connectivity index (χ0n) is 13.5. The van der Waals surface area contributed by atoms with Crippen molar-refractivity contribution in [2.75, 3.05) is 32.4 Å². The molecule has 9 nitrogen and oxygen atoms in total. The van der Waals surface area contributed by atoms with Gasteiger partial charge in [-0.15, -0.1) is 0 Å². The zero-order valence-corrected chi connectivity index (χ0v) is 14.4. The average molecular weight is 358 g/mol. The predicted molar refractivity (Wildman–Crippen MR) is 85.7 cm³/mol. The van der Waals surface area contributed by atoms with Crippen molar-refractivity contribution in [3.8, 4) is 0 Å². The number of hydrogen-bond donors (Lipinski definition) is 1. The van der Waals surface area contributed by atoms with Crippen LogP contribution in [0.15, 0.2) is 18.5 Å². The molecule has 10 heteroatoms. The molecule has 0 radical (unpaired) electrons. The third-order valence-corrected chi connectivity index (χ3v) is 5.81. The minimum atomic E-state index is -3.20. The van der Waals surface area contributed by atoms with Gasteiger partial charge in [-0.1, -0.05) is 0 Å².